The second kappa shape index (κ2) is 5.61. The number of halogens is 1. The molecule has 0 fully saturated rings. The van der Waals surface area contributed by atoms with E-state index in [1.807, 2.05) is 12.1 Å². The number of ether oxygens (including phenoxy) is 2. The molecule has 1 aliphatic heterocycles. The van der Waals surface area contributed by atoms with Gasteiger partial charge in [0.05, 0.1) is 18.2 Å². The van der Waals surface area contributed by atoms with E-state index >= 15 is 0 Å². The van der Waals surface area contributed by atoms with E-state index < -0.39 is 0 Å². The third-order valence-corrected chi connectivity index (χ3v) is 3.16. The predicted octanol–water partition coefficient (Wildman–Crippen LogP) is 2.78. The van der Waals surface area contributed by atoms with Crippen molar-refractivity contribution < 1.29 is 9.47 Å². The molecular formula is C13H18ClNO2. The molecule has 1 aromatic rings. The van der Waals surface area contributed by atoms with Gasteiger partial charge in [-0.3, -0.25) is 0 Å². The molecule has 0 saturated carbocycles. The van der Waals surface area contributed by atoms with Crippen molar-refractivity contribution in [2.75, 3.05) is 13.2 Å². The summed E-state index contributed by atoms with van der Waals surface area (Å²) in [7, 11) is 0. The highest BCUT2D eigenvalue weighted by atomic mass is 35.5. The van der Waals surface area contributed by atoms with Gasteiger partial charge in [0.25, 0.3) is 0 Å². The number of fused-ring (bicyclic) bond motifs is 1. The van der Waals surface area contributed by atoms with Crippen LogP contribution in [0.15, 0.2) is 12.1 Å². The van der Waals surface area contributed by atoms with Gasteiger partial charge < -0.3 is 15.2 Å². The van der Waals surface area contributed by atoms with Crippen LogP contribution in [-0.4, -0.2) is 19.3 Å². The Kier molecular flexibility index (Phi) is 4.13. The number of hydrogen-bond acceptors (Lipinski definition) is 3. The lowest BCUT2D eigenvalue weighted by atomic mass is 10.0. The molecule has 1 aromatic carbocycles. The molecule has 94 valence electrons. The number of nitrogens with two attached hydrogens (primary N) is 1. The van der Waals surface area contributed by atoms with Crippen molar-refractivity contribution in [3.05, 3.63) is 22.7 Å². The van der Waals surface area contributed by atoms with Crippen molar-refractivity contribution in [1.29, 1.82) is 0 Å². The highest BCUT2D eigenvalue weighted by Crippen LogP contribution is 2.38. The molecule has 3 nitrogen and oxygen atoms in total. The van der Waals surface area contributed by atoms with Gasteiger partial charge in [-0.15, -0.1) is 0 Å². The van der Waals surface area contributed by atoms with Crippen molar-refractivity contribution in [3.63, 3.8) is 0 Å². The van der Waals surface area contributed by atoms with Gasteiger partial charge in [-0.25, -0.2) is 0 Å². The van der Waals surface area contributed by atoms with Crippen LogP contribution in [0, 0.1) is 0 Å². The monoisotopic (exact) mass is 255 g/mol. The Balaban J connectivity index is 2.25. The highest BCUT2D eigenvalue weighted by Gasteiger charge is 2.16. The summed E-state index contributed by atoms with van der Waals surface area (Å²) >= 11 is 6.20. The van der Waals surface area contributed by atoms with Gasteiger partial charge in [-0.2, -0.15) is 0 Å². The standard InChI is InChI=1S/C13H18ClNO2/c1-2-10(15)6-9-7-11(14)13-12(8-9)16-4-3-5-17-13/h7-8,10H,2-6,15H2,1H3. The zero-order chi connectivity index (χ0) is 12.3. The van der Waals surface area contributed by atoms with Gasteiger partial charge in [-0.05, 0) is 30.5 Å². The molecule has 0 saturated heterocycles. The fraction of sp³-hybridized carbons (Fsp3) is 0.538. The van der Waals surface area contributed by atoms with Crippen LogP contribution in [0.5, 0.6) is 11.5 Å². The van der Waals surface area contributed by atoms with Crippen molar-refractivity contribution in [3.8, 4) is 11.5 Å². The highest BCUT2D eigenvalue weighted by molar-refractivity contribution is 6.32. The molecule has 0 bridgehead atoms. The summed E-state index contributed by atoms with van der Waals surface area (Å²) in [6.07, 6.45) is 2.65. The summed E-state index contributed by atoms with van der Waals surface area (Å²) in [5.74, 6) is 1.41. The Hall–Kier alpha value is -0.930. The van der Waals surface area contributed by atoms with E-state index in [0.29, 0.717) is 24.0 Å². The van der Waals surface area contributed by atoms with Gasteiger partial charge in [0.15, 0.2) is 11.5 Å². The van der Waals surface area contributed by atoms with Crippen LogP contribution in [0.25, 0.3) is 0 Å². The summed E-state index contributed by atoms with van der Waals surface area (Å²) in [5.41, 5.74) is 7.05. The molecule has 1 aliphatic rings. The topological polar surface area (TPSA) is 44.5 Å². The lowest BCUT2D eigenvalue weighted by Crippen LogP contribution is -2.21. The molecule has 2 N–H and O–H groups in total. The van der Waals surface area contributed by atoms with Gasteiger partial charge >= 0.3 is 0 Å². The van der Waals surface area contributed by atoms with Crippen LogP contribution in [0.3, 0.4) is 0 Å². The number of rotatable bonds is 3. The molecule has 0 radical (unpaired) electrons. The average molecular weight is 256 g/mol. The van der Waals surface area contributed by atoms with Gasteiger partial charge in [-0.1, -0.05) is 18.5 Å². The zero-order valence-electron chi connectivity index (χ0n) is 10.0. The lowest BCUT2D eigenvalue weighted by molar-refractivity contribution is 0.297. The number of hydrogen-bond donors (Lipinski definition) is 1. The first-order valence-corrected chi connectivity index (χ1v) is 6.42. The number of benzene rings is 1. The Labute approximate surface area is 107 Å². The predicted molar refractivity (Wildman–Crippen MR) is 69.0 cm³/mol. The Morgan fingerprint density at radius 2 is 2.12 bits per heavy atom. The maximum atomic E-state index is 6.20. The summed E-state index contributed by atoms with van der Waals surface area (Å²) in [5, 5.41) is 0.614. The summed E-state index contributed by atoms with van der Waals surface area (Å²) in [6, 6.07) is 4.07. The van der Waals surface area contributed by atoms with E-state index in [2.05, 4.69) is 6.92 Å². The van der Waals surface area contributed by atoms with Crippen LogP contribution >= 0.6 is 11.6 Å². The first-order valence-electron chi connectivity index (χ1n) is 6.04. The third-order valence-electron chi connectivity index (χ3n) is 2.88. The Morgan fingerprint density at radius 3 is 2.88 bits per heavy atom. The first kappa shape index (κ1) is 12.5. The van der Waals surface area contributed by atoms with Gasteiger partial charge in [0.2, 0.25) is 0 Å². The fourth-order valence-electron chi connectivity index (χ4n) is 1.85. The molecule has 4 heteroatoms. The normalized spacial score (nSPS) is 16.4. The molecule has 17 heavy (non-hydrogen) atoms. The second-order valence-corrected chi connectivity index (χ2v) is 4.74. The minimum atomic E-state index is 0.163. The second-order valence-electron chi connectivity index (χ2n) is 4.33. The molecule has 1 atom stereocenters. The van der Waals surface area contributed by atoms with Crippen molar-refractivity contribution in [2.45, 2.75) is 32.2 Å². The lowest BCUT2D eigenvalue weighted by Gasteiger charge is -2.13. The van der Waals surface area contributed by atoms with E-state index in [1.54, 1.807) is 0 Å². The first-order chi connectivity index (χ1) is 8.20. The average Bonchev–Trinajstić information content (AvgIpc) is 2.54. The smallest absolute Gasteiger partial charge is 0.179 e. The van der Waals surface area contributed by atoms with Gasteiger partial charge in [0.1, 0.15) is 0 Å². The Morgan fingerprint density at radius 1 is 1.35 bits per heavy atom. The maximum Gasteiger partial charge on any atom is 0.179 e. The Bertz CT molecular complexity index is 395. The molecular weight excluding hydrogens is 238 g/mol. The molecule has 0 aliphatic carbocycles. The molecule has 0 spiro atoms. The van der Waals surface area contributed by atoms with Crippen LogP contribution < -0.4 is 15.2 Å². The largest absolute Gasteiger partial charge is 0.489 e. The van der Waals surface area contributed by atoms with E-state index in [4.69, 9.17) is 26.8 Å². The van der Waals surface area contributed by atoms with Crippen LogP contribution in [0.1, 0.15) is 25.3 Å². The van der Waals surface area contributed by atoms with E-state index in [-0.39, 0.29) is 6.04 Å². The van der Waals surface area contributed by atoms with Crippen LogP contribution in [0.2, 0.25) is 5.02 Å². The zero-order valence-corrected chi connectivity index (χ0v) is 10.8. The molecule has 1 heterocycles. The SMILES string of the molecule is CCC(N)Cc1cc(Cl)c2c(c1)OCCCO2. The molecule has 1 unspecified atom stereocenters. The quantitative estimate of drug-likeness (QED) is 0.903. The van der Waals surface area contributed by atoms with Gasteiger partial charge in [0, 0.05) is 12.5 Å². The summed E-state index contributed by atoms with van der Waals surface area (Å²) < 4.78 is 11.2. The van der Waals surface area contributed by atoms with E-state index in [0.717, 1.165) is 30.6 Å². The minimum Gasteiger partial charge on any atom is -0.489 e. The fourth-order valence-corrected chi connectivity index (χ4v) is 2.14. The third kappa shape index (κ3) is 3.05. The van der Waals surface area contributed by atoms with Crippen molar-refractivity contribution >= 4 is 11.6 Å². The van der Waals surface area contributed by atoms with E-state index in [1.165, 1.54) is 0 Å². The minimum absolute atomic E-state index is 0.163. The molecule has 2 rings (SSSR count). The van der Waals surface area contributed by atoms with E-state index in [9.17, 15) is 0 Å². The van der Waals surface area contributed by atoms with Crippen molar-refractivity contribution in [1.82, 2.24) is 0 Å². The summed E-state index contributed by atoms with van der Waals surface area (Å²) in [4.78, 5) is 0. The molecule has 0 aromatic heterocycles. The van der Waals surface area contributed by atoms with Crippen LogP contribution in [-0.2, 0) is 6.42 Å². The molecule has 0 amide bonds. The van der Waals surface area contributed by atoms with Crippen LogP contribution in [0.4, 0.5) is 0 Å². The summed E-state index contributed by atoms with van der Waals surface area (Å²) in [6.45, 7) is 3.41. The van der Waals surface area contributed by atoms with Crippen molar-refractivity contribution in [2.24, 2.45) is 5.73 Å². The maximum absolute atomic E-state index is 6.20.